The number of ether oxygens (including phenoxy) is 2. The number of urea groups is 1. The highest BCUT2D eigenvalue weighted by atomic mass is 16.6. The summed E-state index contributed by atoms with van der Waals surface area (Å²) < 4.78 is 10.7. The van der Waals surface area contributed by atoms with Gasteiger partial charge in [0.25, 0.3) is 0 Å². The van der Waals surface area contributed by atoms with Gasteiger partial charge in [-0.15, -0.1) is 0 Å². The van der Waals surface area contributed by atoms with Crippen LogP contribution in [0.25, 0.3) is 0 Å². The van der Waals surface area contributed by atoms with Gasteiger partial charge in [-0.25, -0.2) is 9.59 Å². The zero-order valence-electron chi connectivity index (χ0n) is 16.5. The van der Waals surface area contributed by atoms with E-state index in [0.29, 0.717) is 11.3 Å². The lowest BCUT2D eigenvalue weighted by Gasteiger charge is -2.28. The van der Waals surface area contributed by atoms with Gasteiger partial charge in [-0.05, 0) is 31.0 Å². The molecule has 0 saturated heterocycles. The number of nitrogens with one attached hydrogen (secondary N) is 2. The molecule has 2 aromatic rings. The summed E-state index contributed by atoms with van der Waals surface area (Å²) in [6, 6.07) is 12.1. The van der Waals surface area contributed by atoms with Crippen LogP contribution >= 0.6 is 0 Å². The first-order valence-corrected chi connectivity index (χ1v) is 9.31. The summed E-state index contributed by atoms with van der Waals surface area (Å²) in [6.45, 7) is 3.62. The molecule has 2 amide bonds. The molecule has 9 nitrogen and oxygen atoms in total. The summed E-state index contributed by atoms with van der Waals surface area (Å²) >= 11 is 0. The Bertz CT molecular complexity index is 1000. The van der Waals surface area contributed by atoms with Crippen LogP contribution in [-0.4, -0.2) is 23.5 Å². The molecule has 156 valence electrons. The second-order valence-electron chi connectivity index (χ2n) is 6.55. The number of esters is 1. The highest BCUT2D eigenvalue weighted by Gasteiger charge is 2.33. The van der Waals surface area contributed by atoms with Crippen molar-refractivity contribution in [2.45, 2.75) is 26.5 Å². The van der Waals surface area contributed by atoms with Crippen LogP contribution < -0.4 is 15.4 Å². The molecule has 0 spiro atoms. The minimum absolute atomic E-state index is 0.0561. The van der Waals surface area contributed by atoms with Crippen molar-refractivity contribution in [1.82, 2.24) is 10.6 Å². The number of benzene rings is 2. The minimum atomic E-state index is -0.906. The van der Waals surface area contributed by atoms with Gasteiger partial charge in [0.15, 0.2) is 5.75 Å². The third-order valence-electron chi connectivity index (χ3n) is 4.51. The van der Waals surface area contributed by atoms with Gasteiger partial charge in [-0.3, -0.25) is 10.1 Å². The molecule has 0 aromatic heterocycles. The maximum Gasteiger partial charge on any atom is 0.338 e. The number of hydrogen-bond acceptors (Lipinski definition) is 6. The third-order valence-corrected chi connectivity index (χ3v) is 4.51. The van der Waals surface area contributed by atoms with E-state index in [1.54, 1.807) is 19.9 Å². The van der Waals surface area contributed by atoms with Gasteiger partial charge in [-0.1, -0.05) is 36.4 Å². The Labute approximate surface area is 172 Å². The van der Waals surface area contributed by atoms with E-state index in [2.05, 4.69) is 10.6 Å². The first kappa shape index (κ1) is 20.8. The number of rotatable bonds is 7. The Balaban J connectivity index is 1.92. The lowest BCUT2D eigenvalue weighted by atomic mass is 9.95. The van der Waals surface area contributed by atoms with E-state index in [4.69, 9.17) is 9.47 Å². The molecule has 9 heteroatoms. The average molecular weight is 411 g/mol. The fourth-order valence-corrected chi connectivity index (χ4v) is 3.15. The van der Waals surface area contributed by atoms with E-state index in [9.17, 15) is 19.7 Å². The number of nitro groups is 1. The van der Waals surface area contributed by atoms with Gasteiger partial charge in [0.2, 0.25) is 0 Å². The van der Waals surface area contributed by atoms with Gasteiger partial charge < -0.3 is 20.1 Å². The van der Waals surface area contributed by atoms with Gasteiger partial charge in [-0.2, -0.15) is 0 Å². The number of carbonyl (C=O) groups is 2. The SMILES string of the molecule is CCOc1ccc(C2NC(=O)NC(C)=C2C(=O)OCc2ccccc2)cc1[N+](=O)[O-]. The molecule has 0 fully saturated rings. The van der Waals surface area contributed by atoms with Crippen molar-refractivity contribution < 1.29 is 24.0 Å². The smallest absolute Gasteiger partial charge is 0.338 e. The summed E-state index contributed by atoms with van der Waals surface area (Å²) in [4.78, 5) is 35.7. The zero-order valence-corrected chi connectivity index (χ0v) is 16.5. The molecular formula is C21H21N3O6. The van der Waals surface area contributed by atoms with Gasteiger partial charge in [0.05, 0.1) is 23.1 Å². The Hall–Kier alpha value is -3.88. The fourth-order valence-electron chi connectivity index (χ4n) is 3.15. The molecule has 3 rings (SSSR count). The van der Waals surface area contributed by atoms with E-state index in [1.165, 1.54) is 12.1 Å². The quantitative estimate of drug-likeness (QED) is 0.409. The Morgan fingerprint density at radius 1 is 1.20 bits per heavy atom. The molecule has 1 aliphatic rings. The van der Waals surface area contributed by atoms with Crippen molar-refractivity contribution in [2.24, 2.45) is 0 Å². The molecule has 1 aliphatic heterocycles. The second kappa shape index (κ2) is 9.08. The van der Waals surface area contributed by atoms with Crippen molar-refractivity contribution in [3.8, 4) is 5.75 Å². The number of allylic oxidation sites excluding steroid dienone is 1. The summed E-state index contributed by atoms with van der Waals surface area (Å²) in [5.41, 5.74) is 1.41. The van der Waals surface area contributed by atoms with Crippen molar-refractivity contribution in [3.05, 3.63) is 81.0 Å². The van der Waals surface area contributed by atoms with Crippen LogP contribution in [0.4, 0.5) is 10.5 Å². The third kappa shape index (κ3) is 4.57. The molecule has 30 heavy (non-hydrogen) atoms. The maximum absolute atomic E-state index is 12.8. The largest absolute Gasteiger partial charge is 0.487 e. The molecule has 0 aliphatic carbocycles. The van der Waals surface area contributed by atoms with Crippen LogP contribution in [0.2, 0.25) is 0 Å². The number of amides is 2. The van der Waals surface area contributed by atoms with Crippen molar-refractivity contribution in [2.75, 3.05) is 6.61 Å². The van der Waals surface area contributed by atoms with Crippen LogP contribution in [-0.2, 0) is 16.1 Å². The van der Waals surface area contributed by atoms with Gasteiger partial charge >= 0.3 is 17.7 Å². The number of hydrogen-bond donors (Lipinski definition) is 2. The highest BCUT2D eigenvalue weighted by molar-refractivity contribution is 5.95. The van der Waals surface area contributed by atoms with Crippen LogP contribution in [0.1, 0.15) is 31.0 Å². The number of nitrogens with zero attached hydrogens (tertiary/aromatic N) is 1. The van der Waals surface area contributed by atoms with E-state index < -0.39 is 23.0 Å². The summed E-state index contributed by atoms with van der Waals surface area (Å²) in [6.07, 6.45) is 0. The van der Waals surface area contributed by atoms with Gasteiger partial charge in [0, 0.05) is 11.8 Å². The van der Waals surface area contributed by atoms with Crippen molar-refractivity contribution >= 4 is 17.7 Å². The van der Waals surface area contributed by atoms with Crippen molar-refractivity contribution in [1.29, 1.82) is 0 Å². The molecule has 0 radical (unpaired) electrons. The first-order valence-electron chi connectivity index (χ1n) is 9.31. The standard InChI is InChI=1S/C21H21N3O6/c1-3-29-17-10-9-15(11-16(17)24(27)28)19-18(13(2)22-21(26)23-19)20(25)30-12-14-7-5-4-6-8-14/h4-11,19H,3,12H2,1-2H3,(H2,22,23,26). The fraction of sp³-hybridized carbons (Fsp3) is 0.238. The lowest BCUT2D eigenvalue weighted by molar-refractivity contribution is -0.385. The molecule has 0 saturated carbocycles. The molecule has 1 atom stereocenters. The predicted octanol–water partition coefficient (Wildman–Crippen LogP) is 3.36. The van der Waals surface area contributed by atoms with Crippen LogP contribution in [0.15, 0.2) is 59.8 Å². The van der Waals surface area contributed by atoms with Crippen molar-refractivity contribution in [3.63, 3.8) is 0 Å². The Morgan fingerprint density at radius 3 is 2.60 bits per heavy atom. The van der Waals surface area contributed by atoms with Crippen LogP contribution in [0.5, 0.6) is 5.75 Å². The lowest BCUT2D eigenvalue weighted by Crippen LogP contribution is -2.45. The van der Waals surface area contributed by atoms with E-state index >= 15 is 0 Å². The molecule has 1 heterocycles. The van der Waals surface area contributed by atoms with Crippen LogP contribution in [0, 0.1) is 10.1 Å². The molecule has 1 unspecified atom stereocenters. The summed E-state index contributed by atoms with van der Waals surface area (Å²) in [7, 11) is 0. The molecule has 0 bridgehead atoms. The van der Waals surface area contributed by atoms with E-state index in [0.717, 1.165) is 5.56 Å². The monoisotopic (exact) mass is 411 g/mol. The average Bonchev–Trinajstić information content (AvgIpc) is 2.72. The highest BCUT2D eigenvalue weighted by Crippen LogP contribution is 2.34. The normalized spacial score (nSPS) is 15.8. The first-order chi connectivity index (χ1) is 14.4. The maximum atomic E-state index is 12.8. The predicted molar refractivity (Wildman–Crippen MR) is 108 cm³/mol. The van der Waals surface area contributed by atoms with E-state index in [-0.39, 0.29) is 30.2 Å². The molecule has 2 N–H and O–H groups in total. The van der Waals surface area contributed by atoms with Crippen LogP contribution in [0.3, 0.4) is 0 Å². The number of nitro benzene ring substituents is 1. The topological polar surface area (TPSA) is 120 Å². The molecular weight excluding hydrogens is 390 g/mol. The van der Waals surface area contributed by atoms with E-state index in [1.807, 2.05) is 30.3 Å². The summed E-state index contributed by atoms with van der Waals surface area (Å²) in [5, 5.41) is 16.6. The molecule has 2 aromatic carbocycles. The Morgan fingerprint density at radius 2 is 1.93 bits per heavy atom. The Kier molecular flexibility index (Phi) is 6.31. The second-order valence-corrected chi connectivity index (χ2v) is 6.55. The zero-order chi connectivity index (χ0) is 21.7. The minimum Gasteiger partial charge on any atom is -0.487 e. The van der Waals surface area contributed by atoms with Gasteiger partial charge in [0.1, 0.15) is 6.61 Å². The summed E-state index contributed by atoms with van der Waals surface area (Å²) in [5.74, 6) is -0.522. The number of carbonyl (C=O) groups excluding carboxylic acids is 2.